The van der Waals surface area contributed by atoms with Crippen molar-refractivity contribution in [2.45, 2.75) is 83.3 Å². The molecule has 12 nitrogen and oxygen atoms in total. The van der Waals surface area contributed by atoms with Crippen LogP contribution in [-0.2, 0) is 35.6 Å². The van der Waals surface area contributed by atoms with E-state index >= 15 is 0 Å². The fraction of sp³-hybridized carbons (Fsp3) is 0.304. The summed E-state index contributed by atoms with van der Waals surface area (Å²) >= 11 is 12.2. The summed E-state index contributed by atoms with van der Waals surface area (Å²) in [6.07, 6.45) is 4.23. The number of nitrogens with zero attached hydrogens (tertiary/aromatic N) is 2. The van der Waals surface area contributed by atoms with Gasteiger partial charge in [0.1, 0.15) is 42.5 Å². The Hall–Kier alpha value is -5.98. The van der Waals surface area contributed by atoms with E-state index in [1.807, 2.05) is 56.3 Å². The zero-order valence-corrected chi connectivity index (χ0v) is 34.6. The number of carbonyl (C=O) groups excluding carboxylic acids is 2. The zero-order chi connectivity index (χ0) is 41.9. The van der Waals surface area contributed by atoms with Gasteiger partial charge in [-0.2, -0.15) is 0 Å². The second kappa shape index (κ2) is 17.7. The Labute approximate surface area is 357 Å². The molecule has 3 heterocycles. The molecule has 0 bridgehead atoms. The Balaban J connectivity index is 0.943. The molecule has 0 radical (unpaired) electrons. The van der Waals surface area contributed by atoms with Gasteiger partial charge in [0.05, 0.1) is 10.0 Å². The van der Waals surface area contributed by atoms with Gasteiger partial charge in [0.15, 0.2) is 17.6 Å². The van der Waals surface area contributed by atoms with Gasteiger partial charge in [0.2, 0.25) is 5.91 Å². The second-order valence-corrected chi connectivity index (χ2v) is 16.2. The number of nitrogens with one attached hydrogen (secondary N) is 2. The van der Waals surface area contributed by atoms with Crippen molar-refractivity contribution in [1.82, 2.24) is 20.5 Å². The number of benzene rings is 4. The Morgan fingerprint density at radius 3 is 2.35 bits per heavy atom. The quantitative estimate of drug-likeness (QED) is 0.112. The van der Waals surface area contributed by atoms with Gasteiger partial charge in [-0.1, -0.05) is 53.5 Å². The van der Waals surface area contributed by atoms with Crippen molar-refractivity contribution in [3.05, 3.63) is 140 Å². The maximum Gasteiger partial charge on any atom is 0.326 e. The molecule has 1 saturated carbocycles. The number of fused-ring (bicyclic) bond motifs is 2. The van der Waals surface area contributed by atoms with E-state index in [1.165, 1.54) is 4.90 Å². The van der Waals surface area contributed by atoms with E-state index in [4.69, 9.17) is 42.1 Å². The number of halogens is 2. The summed E-state index contributed by atoms with van der Waals surface area (Å²) in [7, 11) is 0. The summed E-state index contributed by atoms with van der Waals surface area (Å²) in [4.78, 5) is 46.1. The average molecular weight is 852 g/mol. The van der Waals surface area contributed by atoms with Crippen LogP contribution in [0.1, 0.15) is 64.4 Å². The van der Waals surface area contributed by atoms with Gasteiger partial charge in [0, 0.05) is 42.9 Å². The smallest absolute Gasteiger partial charge is 0.326 e. The minimum atomic E-state index is -1.24. The highest BCUT2D eigenvalue weighted by atomic mass is 35.5. The first-order valence-electron chi connectivity index (χ1n) is 19.9. The van der Waals surface area contributed by atoms with Gasteiger partial charge in [-0.15, -0.1) is 0 Å². The molecule has 3 amide bonds. The van der Waals surface area contributed by atoms with E-state index in [0.717, 1.165) is 52.8 Å². The van der Waals surface area contributed by atoms with Crippen LogP contribution in [0.25, 0.3) is 0 Å². The molecule has 1 fully saturated rings. The molecule has 1 aliphatic carbocycles. The molecule has 3 atom stereocenters. The maximum absolute atomic E-state index is 14.1. The van der Waals surface area contributed by atoms with E-state index in [-0.39, 0.29) is 38.1 Å². The van der Waals surface area contributed by atoms with Crippen LogP contribution >= 0.6 is 23.2 Å². The lowest BCUT2D eigenvalue weighted by atomic mass is 9.91. The number of carboxylic acids is 1. The maximum atomic E-state index is 14.1. The van der Waals surface area contributed by atoms with Crippen LogP contribution in [0.2, 0.25) is 10.0 Å². The highest BCUT2D eigenvalue weighted by molar-refractivity contribution is 6.42. The van der Waals surface area contributed by atoms with Crippen LogP contribution in [0, 0.1) is 13.8 Å². The van der Waals surface area contributed by atoms with Gasteiger partial charge in [-0.3, -0.25) is 9.78 Å². The molecule has 4 aromatic carbocycles. The van der Waals surface area contributed by atoms with E-state index in [2.05, 4.69) is 15.6 Å². The third kappa shape index (κ3) is 9.25. The Morgan fingerprint density at radius 2 is 1.63 bits per heavy atom. The van der Waals surface area contributed by atoms with Gasteiger partial charge in [-0.25, -0.2) is 9.59 Å². The Kier molecular flexibility index (Phi) is 12.0. The van der Waals surface area contributed by atoms with E-state index in [9.17, 15) is 19.5 Å². The lowest BCUT2D eigenvalue weighted by Gasteiger charge is -2.39. The number of carboxylic acid groups (broad SMARTS) is 1. The lowest BCUT2D eigenvalue weighted by molar-refractivity contribution is -0.142. The van der Waals surface area contributed by atoms with Crippen molar-refractivity contribution in [1.29, 1.82) is 0 Å². The summed E-state index contributed by atoms with van der Waals surface area (Å²) in [5.74, 6) is 1.26. The highest BCUT2D eigenvalue weighted by Gasteiger charge is 2.39. The molecule has 3 N–H and O–H groups in total. The average Bonchev–Trinajstić information content (AvgIpc) is 3.23. The summed E-state index contributed by atoms with van der Waals surface area (Å²) < 4.78 is 24.6. The molecule has 0 saturated heterocycles. The number of amides is 3. The van der Waals surface area contributed by atoms with E-state index < -0.39 is 30.1 Å². The first-order chi connectivity index (χ1) is 29.0. The van der Waals surface area contributed by atoms with Crippen LogP contribution in [0.4, 0.5) is 4.79 Å². The summed E-state index contributed by atoms with van der Waals surface area (Å²) in [6, 6.07) is 23.0. The topological polar surface area (TPSA) is 149 Å². The molecule has 60 heavy (non-hydrogen) atoms. The molecule has 8 rings (SSSR count). The number of aromatic nitrogens is 1. The van der Waals surface area contributed by atoms with Gasteiger partial charge >= 0.3 is 12.0 Å². The van der Waals surface area contributed by atoms with Gasteiger partial charge in [-0.05, 0) is 116 Å². The molecular formula is C46H44Cl2N4O8. The van der Waals surface area contributed by atoms with Crippen molar-refractivity contribution in [3.8, 4) is 28.7 Å². The summed E-state index contributed by atoms with van der Waals surface area (Å²) in [5.41, 5.74) is 5.89. The van der Waals surface area contributed by atoms with Gasteiger partial charge < -0.3 is 39.6 Å². The molecule has 5 aromatic rings. The third-order valence-electron chi connectivity index (χ3n) is 11.3. The third-order valence-corrected chi connectivity index (χ3v) is 12.0. The minimum Gasteiger partial charge on any atom is -0.489 e. The Morgan fingerprint density at radius 1 is 0.900 bits per heavy atom. The van der Waals surface area contributed by atoms with Crippen molar-refractivity contribution >= 4 is 41.1 Å². The molecule has 14 heteroatoms. The SMILES string of the molecule is Cc1nccc(Oc2ccc(CC(NC(=O)[C@@H]3Cc4cc5c(cc4CN3C(=O)NC3CCC3)O[C@@H](c3ccc(OCc4ccc(Cl)c(Cl)c4)cc3)CO5)C(=O)O)cc2)c1C. The Bertz CT molecular complexity index is 2410. The zero-order valence-electron chi connectivity index (χ0n) is 33.1. The molecule has 1 unspecified atom stereocenters. The van der Waals surface area contributed by atoms with E-state index in [0.29, 0.717) is 51.0 Å². The number of urea groups is 1. The lowest BCUT2D eigenvalue weighted by Crippen LogP contribution is -2.59. The standard InChI is InChI=1S/C46H44Cl2N4O8/c1-26-27(2)49-17-16-40(26)59-35-11-6-28(7-12-35)19-38(45(54)55)51-44(53)39-20-31-21-41-42(22-32(31)23-52(39)46(56)50-33-4-3-5-33)60-43(25-58-41)30-9-13-34(14-10-30)57-24-29-8-15-36(47)37(48)18-29/h6-18,21-22,33,38-39,43H,3-5,19-20,23-25H2,1-2H3,(H,50,56)(H,51,53)(H,54,55)/t38?,39-,43+/m0/s1. The highest BCUT2D eigenvalue weighted by Crippen LogP contribution is 2.41. The van der Waals surface area contributed by atoms with Crippen LogP contribution in [0.15, 0.2) is 91.1 Å². The fourth-order valence-corrected chi connectivity index (χ4v) is 7.72. The molecule has 310 valence electrons. The first kappa shape index (κ1) is 40.8. The van der Waals surface area contributed by atoms with E-state index in [1.54, 1.807) is 48.7 Å². The summed E-state index contributed by atoms with van der Waals surface area (Å²) in [6.45, 7) is 4.54. The molecule has 3 aliphatic rings. The summed E-state index contributed by atoms with van der Waals surface area (Å²) in [5, 5.41) is 17.0. The molecular weight excluding hydrogens is 807 g/mol. The van der Waals surface area contributed by atoms with Crippen molar-refractivity contribution in [3.63, 3.8) is 0 Å². The number of rotatable bonds is 12. The monoisotopic (exact) mass is 850 g/mol. The number of hydrogen-bond acceptors (Lipinski definition) is 8. The number of aryl methyl sites for hydroxylation is 1. The number of aliphatic carboxylic acids is 1. The van der Waals surface area contributed by atoms with Gasteiger partial charge in [0.25, 0.3) is 0 Å². The molecule has 2 aliphatic heterocycles. The fourth-order valence-electron chi connectivity index (χ4n) is 7.40. The van der Waals surface area contributed by atoms with Crippen molar-refractivity contribution in [2.75, 3.05) is 6.61 Å². The van der Waals surface area contributed by atoms with Crippen molar-refractivity contribution < 1.29 is 38.4 Å². The number of carbonyl (C=O) groups is 3. The van der Waals surface area contributed by atoms with Crippen LogP contribution in [-0.4, -0.2) is 57.6 Å². The minimum absolute atomic E-state index is 0.0284. The number of ether oxygens (including phenoxy) is 4. The second-order valence-electron chi connectivity index (χ2n) is 15.4. The normalized spacial score (nSPS) is 17.4. The predicted molar refractivity (Wildman–Crippen MR) is 225 cm³/mol. The number of hydrogen-bond donors (Lipinski definition) is 3. The van der Waals surface area contributed by atoms with Crippen LogP contribution in [0.5, 0.6) is 28.7 Å². The predicted octanol–water partition coefficient (Wildman–Crippen LogP) is 8.69. The van der Waals surface area contributed by atoms with Crippen LogP contribution in [0.3, 0.4) is 0 Å². The number of pyridine rings is 1. The first-order valence-corrected chi connectivity index (χ1v) is 20.6. The largest absolute Gasteiger partial charge is 0.489 e. The van der Waals surface area contributed by atoms with Crippen molar-refractivity contribution in [2.24, 2.45) is 0 Å². The van der Waals surface area contributed by atoms with Crippen LogP contribution < -0.4 is 29.6 Å². The molecule has 0 spiro atoms. The molecule has 1 aromatic heterocycles.